The van der Waals surface area contributed by atoms with Crippen LogP contribution in [0.25, 0.3) is 16.9 Å². The van der Waals surface area contributed by atoms with Crippen molar-refractivity contribution in [2.75, 3.05) is 0 Å². The van der Waals surface area contributed by atoms with Crippen LogP contribution in [0.2, 0.25) is 5.02 Å². The zero-order chi connectivity index (χ0) is 14.3. The van der Waals surface area contributed by atoms with Crippen molar-refractivity contribution in [3.63, 3.8) is 0 Å². The summed E-state index contributed by atoms with van der Waals surface area (Å²) in [5, 5.41) is 10.7. The minimum absolute atomic E-state index is 0.618. The maximum Gasteiger partial charge on any atom is 0.137 e. The van der Waals surface area contributed by atoms with Crippen molar-refractivity contribution in [1.82, 2.24) is 9.38 Å². The summed E-state index contributed by atoms with van der Waals surface area (Å²) in [6.07, 6.45) is 1.16. The van der Waals surface area contributed by atoms with E-state index in [1.54, 1.807) is 19.2 Å². The SMILES string of the molecule is Cc1ccc(-c2nc3ccc(Cl)cn3c2C(C)O)cc1. The van der Waals surface area contributed by atoms with E-state index in [-0.39, 0.29) is 0 Å². The van der Waals surface area contributed by atoms with Crippen molar-refractivity contribution in [3.05, 3.63) is 58.9 Å². The van der Waals surface area contributed by atoms with Gasteiger partial charge in [0.2, 0.25) is 0 Å². The Morgan fingerprint density at radius 3 is 2.50 bits per heavy atom. The van der Waals surface area contributed by atoms with E-state index in [0.29, 0.717) is 5.02 Å². The molecule has 0 amide bonds. The molecule has 1 atom stereocenters. The summed E-state index contributed by atoms with van der Waals surface area (Å²) in [5.74, 6) is 0. The molecule has 2 heterocycles. The highest BCUT2D eigenvalue weighted by Gasteiger charge is 2.17. The first-order valence-electron chi connectivity index (χ1n) is 6.49. The van der Waals surface area contributed by atoms with E-state index in [9.17, 15) is 5.11 Å². The van der Waals surface area contributed by atoms with Gasteiger partial charge in [-0.05, 0) is 26.0 Å². The van der Waals surface area contributed by atoms with Gasteiger partial charge < -0.3 is 5.11 Å². The van der Waals surface area contributed by atoms with E-state index in [0.717, 1.165) is 22.6 Å². The third kappa shape index (κ3) is 2.19. The van der Waals surface area contributed by atoms with Crippen LogP contribution >= 0.6 is 11.6 Å². The van der Waals surface area contributed by atoms with E-state index in [1.165, 1.54) is 5.56 Å². The number of aliphatic hydroxyl groups excluding tert-OH is 1. The average molecular weight is 287 g/mol. The number of imidazole rings is 1. The summed E-state index contributed by atoms with van der Waals surface area (Å²) in [6, 6.07) is 11.8. The van der Waals surface area contributed by atoms with Crippen LogP contribution in [0.15, 0.2) is 42.6 Å². The lowest BCUT2D eigenvalue weighted by molar-refractivity contribution is 0.194. The lowest BCUT2D eigenvalue weighted by Crippen LogP contribution is -1.99. The Labute approximate surface area is 122 Å². The monoisotopic (exact) mass is 286 g/mol. The standard InChI is InChI=1S/C16H15ClN2O/c1-10-3-5-12(6-4-10)15-16(11(2)20)19-9-13(17)7-8-14(19)18-15/h3-9,11,20H,1-2H3. The van der Waals surface area contributed by atoms with Crippen LogP contribution in [0.1, 0.15) is 24.3 Å². The van der Waals surface area contributed by atoms with Crippen LogP contribution in [-0.2, 0) is 0 Å². The van der Waals surface area contributed by atoms with Gasteiger partial charge in [0, 0.05) is 11.8 Å². The van der Waals surface area contributed by atoms with Crippen LogP contribution in [0.3, 0.4) is 0 Å². The predicted molar refractivity (Wildman–Crippen MR) is 81.0 cm³/mol. The highest BCUT2D eigenvalue weighted by molar-refractivity contribution is 6.30. The number of aromatic nitrogens is 2. The number of pyridine rings is 1. The second-order valence-electron chi connectivity index (χ2n) is 4.96. The van der Waals surface area contributed by atoms with Gasteiger partial charge in [-0.2, -0.15) is 0 Å². The molecular weight excluding hydrogens is 272 g/mol. The third-order valence-corrected chi connectivity index (χ3v) is 3.56. The number of fused-ring (bicyclic) bond motifs is 1. The summed E-state index contributed by atoms with van der Waals surface area (Å²) in [5.41, 5.74) is 4.51. The second-order valence-corrected chi connectivity index (χ2v) is 5.40. The van der Waals surface area contributed by atoms with Gasteiger partial charge in [-0.1, -0.05) is 41.4 Å². The molecular formula is C16H15ClN2O. The van der Waals surface area contributed by atoms with E-state index >= 15 is 0 Å². The van der Waals surface area contributed by atoms with Crippen molar-refractivity contribution in [2.45, 2.75) is 20.0 Å². The highest BCUT2D eigenvalue weighted by atomic mass is 35.5. The summed E-state index contributed by atoms with van der Waals surface area (Å²) < 4.78 is 1.85. The van der Waals surface area contributed by atoms with Gasteiger partial charge in [0.05, 0.1) is 22.5 Å². The molecule has 2 aromatic heterocycles. The van der Waals surface area contributed by atoms with Gasteiger partial charge in [-0.25, -0.2) is 4.98 Å². The van der Waals surface area contributed by atoms with Gasteiger partial charge in [0.25, 0.3) is 0 Å². The number of aryl methyl sites for hydroxylation is 1. The smallest absolute Gasteiger partial charge is 0.137 e. The molecule has 1 aromatic carbocycles. The van der Waals surface area contributed by atoms with Gasteiger partial charge in [0.15, 0.2) is 0 Å². The highest BCUT2D eigenvalue weighted by Crippen LogP contribution is 2.29. The minimum Gasteiger partial charge on any atom is -0.387 e. The molecule has 0 aliphatic rings. The summed E-state index contributed by atoms with van der Waals surface area (Å²) in [6.45, 7) is 3.78. The van der Waals surface area contributed by atoms with Crippen LogP contribution in [-0.4, -0.2) is 14.5 Å². The van der Waals surface area contributed by atoms with E-state index in [1.807, 2.05) is 41.7 Å². The molecule has 1 N–H and O–H groups in total. The summed E-state index contributed by atoms with van der Waals surface area (Å²) >= 11 is 6.04. The van der Waals surface area contributed by atoms with E-state index < -0.39 is 6.10 Å². The molecule has 102 valence electrons. The molecule has 20 heavy (non-hydrogen) atoms. The molecule has 0 fully saturated rings. The van der Waals surface area contributed by atoms with Gasteiger partial charge >= 0.3 is 0 Å². The van der Waals surface area contributed by atoms with Crippen LogP contribution in [0, 0.1) is 6.92 Å². The zero-order valence-electron chi connectivity index (χ0n) is 11.3. The zero-order valence-corrected chi connectivity index (χ0v) is 12.1. The number of nitrogens with zero attached hydrogens (tertiary/aromatic N) is 2. The molecule has 0 bridgehead atoms. The molecule has 0 saturated carbocycles. The van der Waals surface area contributed by atoms with Crippen molar-refractivity contribution in [1.29, 1.82) is 0 Å². The van der Waals surface area contributed by atoms with Crippen LogP contribution < -0.4 is 0 Å². The Balaban J connectivity index is 2.29. The molecule has 1 unspecified atom stereocenters. The lowest BCUT2D eigenvalue weighted by atomic mass is 10.1. The number of hydrogen-bond acceptors (Lipinski definition) is 2. The molecule has 0 radical (unpaired) electrons. The fourth-order valence-electron chi connectivity index (χ4n) is 2.36. The van der Waals surface area contributed by atoms with Crippen LogP contribution in [0.5, 0.6) is 0 Å². The van der Waals surface area contributed by atoms with Crippen LogP contribution in [0.4, 0.5) is 0 Å². The lowest BCUT2D eigenvalue weighted by Gasteiger charge is -2.08. The molecule has 0 aliphatic carbocycles. The van der Waals surface area contributed by atoms with Crippen molar-refractivity contribution >= 4 is 17.2 Å². The van der Waals surface area contributed by atoms with Crippen molar-refractivity contribution in [3.8, 4) is 11.3 Å². The average Bonchev–Trinajstić information content (AvgIpc) is 2.78. The maximum absolute atomic E-state index is 10.1. The first-order chi connectivity index (χ1) is 9.56. The van der Waals surface area contributed by atoms with Crippen molar-refractivity contribution < 1.29 is 5.11 Å². The maximum atomic E-state index is 10.1. The van der Waals surface area contributed by atoms with Gasteiger partial charge in [-0.15, -0.1) is 0 Å². The fraction of sp³-hybridized carbons (Fsp3) is 0.188. The fourth-order valence-corrected chi connectivity index (χ4v) is 2.52. The van der Waals surface area contributed by atoms with Crippen molar-refractivity contribution in [2.24, 2.45) is 0 Å². The predicted octanol–water partition coefficient (Wildman–Crippen LogP) is 4.02. The number of benzene rings is 1. The molecule has 3 aromatic rings. The number of aliphatic hydroxyl groups is 1. The van der Waals surface area contributed by atoms with E-state index in [4.69, 9.17) is 11.6 Å². The summed E-state index contributed by atoms with van der Waals surface area (Å²) in [4.78, 5) is 4.62. The Morgan fingerprint density at radius 2 is 1.85 bits per heavy atom. The second kappa shape index (κ2) is 4.93. The third-order valence-electron chi connectivity index (χ3n) is 3.34. The van der Waals surface area contributed by atoms with E-state index in [2.05, 4.69) is 4.98 Å². The number of halogens is 1. The number of hydrogen-bond donors (Lipinski definition) is 1. The summed E-state index contributed by atoms with van der Waals surface area (Å²) in [7, 11) is 0. The Morgan fingerprint density at radius 1 is 1.15 bits per heavy atom. The number of rotatable bonds is 2. The largest absolute Gasteiger partial charge is 0.387 e. The van der Waals surface area contributed by atoms with Gasteiger partial charge in [-0.3, -0.25) is 4.40 Å². The Hall–Kier alpha value is -1.84. The van der Waals surface area contributed by atoms with Gasteiger partial charge in [0.1, 0.15) is 5.65 Å². The molecule has 3 rings (SSSR count). The molecule has 0 spiro atoms. The molecule has 3 nitrogen and oxygen atoms in total. The first-order valence-corrected chi connectivity index (χ1v) is 6.86. The normalized spacial score (nSPS) is 12.8. The molecule has 0 aliphatic heterocycles. The Bertz CT molecular complexity index is 760. The topological polar surface area (TPSA) is 37.5 Å². The Kier molecular flexibility index (Phi) is 3.24. The molecule has 4 heteroatoms. The first kappa shape index (κ1) is 13.2. The molecule has 0 saturated heterocycles. The minimum atomic E-state index is -0.625. The quantitative estimate of drug-likeness (QED) is 0.773.